The molecule has 0 radical (unpaired) electrons. The first-order chi connectivity index (χ1) is 14.9. The molecule has 2 aromatic carbocycles. The fourth-order valence-corrected chi connectivity index (χ4v) is 4.47. The third-order valence-electron chi connectivity index (χ3n) is 4.88. The number of carbonyl (C=O) groups is 1. The zero-order valence-electron chi connectivity index (χ0n) is 17.0. The van der Waals surface area contributed by atoms with E-state index in [0.717, 1.165) is 16.8 Å². The van der Waals surface area contributed by atoms with E-state index in [1.165, 1.54) is 34.9 Å². The number of rotatable bonds is 6. The number of fused-ring (bicyclic) bond motifs is 1. The van der Waals surface area contributed by atoms with Crippen molar-refractivity contribution in [1.82, 2.24) is 14.5 Å². The number of hydrogen-bond acceptors (Lipinski definition) is 4. The highest BCUT2D eigenvalue weighted by Crippen LogP contribution is 2.28. The van der Waals surface area contributed by atoms with Crippen LogP contribution in [0.2, 0.25) is 5.02 Å². The van der Waals surface area contributed by atoms with Crippen LogP contribution in [0.25, 0.3) is 11.0 Å². The molecule has 0 bridgehead atoms. The lowest BCUT2D eigenvalue weighted by molar-refractivity contribution is -0.116. The molecule has 158 valence electrons. The Morgan fingerprint density at radius 2 is 2.03 bits per heavy atom. The lowest BCUT2D eigenvalue weighted by atomic mass is 10.1. The van der Waals surface area contributed by atoms with Crippen LogP contribution < -0.4 is 5.32 Å². The van der Waals surface area contributed by atoms with Gasteiger partial charge in [0.1, 0.15) is 12.4 Å². The molecule has 0 aliphatic rings. The predicted molar refractivity (Wildman–Crippen MR) is 123 cm³/mol. The van der Waals surface area contributed by atoms with Gasteiger partial charge in [0, 0.05) is 17.0 Å². The number of hydrogen-bond donors (Lipinski definition) is 1. The Morgan fingerprint density at radius 1 is 1.19 bits per heavy atom. The van der Waals surface area contributed by atoms with E-state index in [2.05, 4.69) is 47.3 Å². The molecular weight excluding hydrogens is 435 g/mol. The first-order valence-electron chi connectivity index (χ1n) is 9.65. The van der Waals surface area contributed by atoms with Crippen LogP contribution in [-0.4, -0.2) is 20.4 Å². The predicted octanol–water partition coefficient (Wildman–Crippen LogP) is 5.77. The third kappa shape index (κ3) is 4.89. The molecule has 2 aromatic heterocycles. The first kappa shape index (κ1) is 21.3. The van der Waals surface area contributed by atoms with Crippen LogP contribution in [0.5, 0.6) is 0 Å². The highest BCUT2D eigenvalue weighted by molar-refractivity contribution is 7.98. The Morgan fingerprint density at radius 3 is 2.84 bits per heavy atom. The number of benzene rings is 2. The number of anilines is 1. The van der Waals surface area contributed by atoms with E-state index in [1.807, 2.05) is 6.07 Å². The van der Waals surface area contributed by atoms with E-state index in [-0.39, 0.29) is 23.2 Å². The summed E-state index contributed by atoms with van der Waals surface area (Å²) < 4.78 is 15.9. The number of thioether (sulfide) groups is 1. The van der Waals surface area contributed by atoms with E-state index in [0.29, 0.717) is 5.16 Å². The van der Waals surface area contributed by atoms with E-state index in [4.69, 9.17) is 11.6 Å². The molecule has 0 unspecified atom stereocenters. The second kappa shape index (κ2) is 9.08. The zero-order valence-corrected chi connectivity index (χ0v) is 18.6. The fraction of sp³-hybridized carbons (Fsp3) is 0.174. The van der Waals surface area contributed by atoms with E-state index >= 15 is 0 Å². The number of nitrogens with one attached hydrogen (secondary N) is 1. The second-order valence-corrected chi connectivity index (χ2v) is 8.61. The molecule has 5 nitrogen and oxygen atoms in total. The summed E-state index contributed by atoms with van der Waals surface area (Å²) >= 11 is 7.34. The standard InChI is InChI=1S/C23H20ClFN4OS/c1-14-3-4-15(2)16(9-14)13-31-23-28-20-7-8-26-11-21(20)29(23)12-22(30)27-19-6-5-17(24)10-18(19)25/h3-11H,12-13H2,1-2H3,(H,27,30). The molecule has 2 heterocycles. The highest BCUT2D eigenvalue weighted by Gasteiger charge is 2.16. The van der Waals surface area contributed by atoms with Crippen molar-refractivity contribution in [3.05, 3.63) is 82.4 Å². The summed E-state index contributed by atoms with van der Waals surface area (Å²) in [6, 6.07) is 12.3. The van der Waals surface area contributed by atoms with E-state index in [1.54, 1.807) is 28.7 Å². The zero-order chi connectivity index (χ0) is 22.0. The molecule has 0 aliphatic carbocycles. The van der Waals surface area contributed by atoms with Gasteiger partial charge in [0.15, 0.2) is 5.16 Å². The van der Waals surface area contributed by atoms with Crippen molar-refractivity contribution < 1.29 is 9.18 Å². The number of amides is 1. The fourth-order valence-electron chi connectivity index (χ4n) is 3.23. The maximum Gasteiger partial charge on any atom is 0.244 e. The third-order valence-corrected chi connectivity index (χ3v) is 6.14. The van der Waals surface area contributed by atoms with Gasteiger partial charge in [0.2, 0.25) is 5.91 Å². The summed E-state index contributed by atoms with van der Waals surface area (Å²) in [5.41, 5.74) is 5.21. The summed E-state index contributed by atoms with van der Waals surface area (Å²) in [5.74, 6) is -0.224. The van der Waals surface area contributed by atoms with Gasteiger partial charge in [-0.3, -0.25) is 9.78 Å². The molecule has 0 saturated carbocycles. The molecule has 4 rings (SSSR count). The largest absolute Gasteiger partial charge is 0.322 e. The number of aryl methyl sites for hydroxylation is 2. The van der Waals surface area contributed by atoms with Crippen LogP contribution in [0, 0.1) is 19.7 Å². The van der Waals surface area contributed by atoms with Gasteiger partial charge in [0.25, 0.3) is 0 Å². The van der Waals surface area contributed by atoms with Crippen molar-refractivity contribution in [2.75, 3.05) is 5.32 Å². The molecule has 0 fully saturated rings. The van der Waals surface area contributed by atoms with Crippen molar-refractivity contribution in [3.8, 4) is 0 Å². The number of nitrogens with zero attached hydrogens (tertiary/aromatic N) is 3. The monoisotopic (exact) mass is 454 g/mol. The Kier molecular flexibility index (Phi) is 6.25. The van der Waals surface area contributed by atoms with E-state index < -0.39 is 5.82 Å². The molecule has 8 heteroatoms. The summed E-state index contributed by atoms with van der Waals surface area (Å²) in [7, 11) is 0. The Labute approximate surface area is 188 Å². The van der Waals surface area contributed by atoms with Gasteiger partial charge in [-0.15, -0.1) is 0 Å². The summed E-state index contributed by atoms with van der Waals surface area (Å²) in [4.78, 5) is 21.5. The van der Waals surface area contributed by atoms with Crippen LogP contribution in [0.1, 0.15) is 16.7 Å². The molecular formula is C23H20ClFN4OS. The van der Waals surface area contributed by atoms with Gasteiger partial charge in [-0.2, -0.15) is 0 Å². The molecule has 4 aromatic rings. The minimum Gasteiger partial charge on any atom is -0.322 e. The molecule has 1 N–H and O–H groups in total. The Balaban J connectivity index is 1.58. The van der Waals surface area contributed by atoms with Crippen LogP contribution in [-0.2, 0) is 17.1 Å². The van der Waals surface area contributed by atoms with Crippen LogP contribution >= 0.6 is 23.4 Å². The van der Waals surface area contributed by atoms with Crippen molar-refractivity contribution in [2.24, 2.45) is 0 Å². The Bertz CT molecular complexity index is 1270. The molecule has 1 amide bonds. The number of imidazole rings is 1. The van der Waals surface area contributed by atoms with Crippen molar-refractivity contribution in [3.63, 3.8) is 0 Å². The maximum absolute atomic E-state index is 14.1. The SMILES string of the molecule is Cc1ccc(C)c(CSc2nc3ccncc3n2CC(=O)Nc2ccc(Cl)cc2F)c1. The van der Waals surface area contributed by atoms with Gasteiger partial charge in [-0.1, -0.05) is 47.1 Å². The first-order valence-corrected chi connectivity index (χ1v) is 11.0. The lowest BCUT2D eigenvalue weighted by Crippen LogP contribution is -2.20. The molecule has 0 saturated heterocycles. The summed E-state index contributed by atoms with van der Waals surface area (Å²) in [5, 5.41) is 3.58. The maximum atomic E-state index is 14.1. The molecule has 0 spiro atoms. The lowest BCUT2D eigenvalue weighted by Gasteiger charge is -2.11. The smallest absolute Gasteiger partial charge is 0.244 e. The quantitative estimate of drug-likeness (QED) is 0.375. The number of pyridine rings is 1. The van der Waals surface area contributed by atoms with Crippen molar-refractivity contribution >= 4 is 46.0 Å². The number of aromatic nitrogens is 3. The van der Waals surface area contributed by atoms with Crippen LogP contribution in [0.15, 0.2) is 60.0 Å². The molecule has 31 heavy (non-hydrogen) atoms. The van der Waals surface area contributed by atoms with Crippen LogP contribution in [0.4, 0.5) is 10.1 Å². The van der Waals surface area contributed by atoms with Gasteiger partial charge >= 0.3 is 0 Å². The highest BCUT2D eigenvalue weighted by atomic mass is 35.5. The average Bonchev–Trinajstić information content (AvgIpc) is 3.08. The average molecular weight is 455 g/mol. The topological polar surface area (TPSA) is 59.8 Å². The Hall–Kier alpha value is -2.90. The minimum atomic E-state index is -0.581. The van der Waals surface area contributed by atoms with Gasteiger partial charge in [-0.25, -0.2) is 9.37 Å². The molecule has 0 aliphatic heterocycles. The minimum absolute atomic E-state index is 0.0145. The van der Waals surface area contributed by atoms with E-state index in [9.17, 15) is 9.18 Å². The summed E-state index contributed by atoms with van der Waals surface area (Å²) in [6.07, 6.45) is 3.35. The van der Waals surface area contributed by atoms with Gasteiger partial charge in [0.05, 0.1) is 22.9 Å². The summed E-state index contributed by atoms with van der Waals surface area (Å²) in [6.45, 7) is 4.13. The van der Waals surface area contributed by atoms with Crippen molar-refractivity contribution in [1.29, 1.82) is 0 Å². The van der Waals surface area contributed by atoms with Gasteiger partial charge < -0.3 is 9.88 Å². The normalized spacial score (nSPS) is 11.1. The number of carbonyl (C=O) groups excluding carboxylic acids is 1. The number of halogens is 2. The second-order valence-electron chi connectivity index (χ2n) is 7.24. The van der Waals surface area contributed by atoms with Gasteiger partial charge in [-0.05, 0) is 49.2 Å². The van der Waals surface area contributed by atoms with Crippen molar-refractivity contribution in [2.45, 2.75) is 31.3 Å². The molecule has 0 atom stereocenters. The van der Waals surface area contributed by atoms with Crippen LogP contribution in [0.3, 0.4) is 0 Å².